The molecule has 2 heterocycles. The Balaban J connectivity index is 2.08. The first-order valence-corrected chi connectivity index (χ1v) is 7.03. The van der Waals surface area contributed by atoms with Crippen LogP contribution in [0.1, 0.15) is 4.88 Å². The summed E-state index contributed by atoms with van der Waals surface area (Å²) in [6, 6.07) is 2.11. The fourth-order valence-electron chi connectivity index (χ4n) is 1.24. The van der Waals surface area contributed by atoms with Crippen LogP contribution < -0.4 is 4.90 Å². The zero-order chi connectivity index (χ0) is 11.5. The zero-order valence-electron chi connectivity index (χ0n) is 8.52. The minimum absolute atomic E-state index is 0.729. The molecule has 84 valence electrons. The summed E-state index contributed by atoms with van der Waals surface area (Å²) in [5.74, 6) is 0.729. The molecule has 0 amide bonds. The van der Waals surface area contributed by atoms with Crippen molar-refractivity contribution in [2.75, 3.05) is 11.9 Å². The number of hydrogen-bond acceptors (Lipinski definition) is 4. The minimum Gasteiger partial charge on any atom is -0.339 e. The van der Waals surface area contributed by atoms with Crippen molar-refractivity contribution < 1.29 is 0 Å². The van der Waals surface area contributed by atoms with E-state index >= 15 is 0 Å². The van der Waals surface area contributed by atoms with Crippen molar-refractivity contribution in [1.82, 2.24) is 9.97 Å². The first-order chi connectivity index (χ1) is 7.65. The van der Waals surface area contributed by atoms with Crippen LogP contribution in [0.2, 0.25) is 0 Å². The van der Waals surface area contributed by atoms with Crippen molar-refractivity contribution in [2.24, 2.45) is 0 Å². The van der Waals surface area contributed by atoms with E-state index < -0.39 is 0 Å². The Kier molecular flexibility index (Phi) is 3.94. The van der Waals surface area contributed by atoms with E-state index in [-0.39, 0.29) is 0 Å². The van der Waals surface area contributed by atoms with E-state index in [4.69, 9.17) is 0 Å². The lowest BCUT2D eigenvalue weighted by Gasteiger charge is -2.15. The predicted molar refractivity (Wildman–Crippen MR) is 73.9 cm³/mol. The zero-order valence-corrected chi connectivity index (χ0v) is 12.5. The van der Waals surface area contributed by atoms with Gasteiger partial charge >= 0.3 is 0 Å². The molecular formula is C10H9Br2N3S. The SMILES string of the molecule is CN(Cc1cc(Br)cs1)c1ncc(Br)cn1. The molecular weight excluding hydrogens is 354 g/mol. The van der Waals surface area contributed by atoms with Crippen LogP contribution in [0.25, 0.3) is 0 Å². The highest BCUT2D eigenvalue weighted by Gasteiger charge is 2.06. The molecule has 0 N–H and O–H groups in total. The van der Waals surface area contributed by atoms with Gasteiger partial charge in [0.1, 0.15) is 0 Å². The number of rotatable bonds is 3. The maximum Gasteiger partial charge on any atom is 0.225 e. The Labute approximate surface area is 115 Å². The van der Waals surface area contributed by atoms with Gasteiger partial charge < -0.3 is 4.90 Å². The quantitative estimate of drug-likeness (QED) is 0.833. The van der Waals surface area contributed by atoms with E-state index in [0.717, 1.165) is 21.4 Å². The van der Waals surface area contributed by atoms with Gasteiger partial charge in [0, 0.05) is 34.2 Å². The molecule has 2 aromatic heterocycles. The molecule has 0 aliphatic rings. The molecule has 0 aliphatic heterocycles. The van der Waals surface area contributed by atoms with Gasteiger partial charge in [-0.3, -0.25) is 0 Å². The molecule has 2 aromatic rings. The maximum atomic E-state index is 4.24. The van der Waals surface area contributed by atoms with E-state index in [9.17, 15) is 0 Å². The molecule has 16 heavy (non-hydrogen) atoms. The standard InChI is InChI=1S/C10H9Br2N3S/c1-15(5-9-2-7(11)6-16-9)10-13-3-8(12)4-14-10/h2-4,6H,5H2,1H3. The number of thiophene rings is 1. The normalized spacial score (nSPS) is 10.4. The Hall–Kier alpha value is -0.460. The summed E-state index contributed by atoms with van der Waals surface area (Å²) in [4.78, 5) is 11.8. The lowest BCUT2D eigenvalue weighted by atomic mass is 10.4. The van der Waals surface area contributed by atoms with Gasteiger partial charge in [-0.1, -0.05) is 0 Å². The van der Waals surface area contributed by atoms with Crippen LogP contribution in [0, 0.1) is 0 Å². The molecule has 3 nitrogen and oxygen atoms in total. The fourth-order valence-corrected chi connectivity index (χ4v) is 2.95. The third-order valence-corrected chi connectivity index (χ3v) is 4.05. The molecule has 0 spiro atoms. The third kappa shape index (κ3) is 3.02. The van der Waals surface area contributed by atoms with Crippen LogP contribution in [-0.2, 0) is 6.54 Å². The number of anilines is 1. The monoisotopic (exact) mass is 361 g/mol. The average molecular weight is 363 g/mol. The molecule has 0 saturated heterocycles. The summed E-state index contributed by atoms with van der Waals surface area (Å²) in [5, 5.41) is 2.08. The molecule has 0 atom stereocenters. The fraction of sp³-hybridized carbons (Fsp3) is 0.200. The molecule has 0 bridgehead atoms. The second kappa shape index (κ2) is 5.25. The number of nitrogens with zero attached hydrogens (tertiary/aromatic N) is 3. The van der Waals surface area contributed by atoms with Gasteiger partial charge in [0.25, 0.3) is 0 Å². The largest absolute Gasteiger partial charge is 0.339 e. The third-order valence-electron chi connectivity index (χ3n) is 1.96. The molecule has 2 rings (SSSR count). The molecule has 0 aliphatic carbocycles. The first kappa shape index (κ1) is 12.0. The smallest absolute Gasteiger partial charge is 0.225 e. The van der Waals surface area contributed by atoms with Crippen LogP contribution in [0.15, 0.2) is 32.8 Å². The summed E-state index contributed by atoms with van der Waals surface area (Å²) in [6.45, 7) is 0.817. The second-order valence-corrected chi connectivity index (χ2v) is 6.12. The van der Waals surface area contributed by atoms with Crippen molar-refractivity contribution >= 4 is 49.1 Å². The summed E-state index contributed by atoms with van der Waals surface area (Å²) in [5.41, 5.74) is 0. The summed E-state index contributed by atoms with van der Waals surface area (Å²) < 4.78 is 2.01. The lowest BCUT2D eigenvalue weighted by Crippen LogP contribution is -2.18. The number of aromatic nitrogens is 2. The van der Waals surface area contributed by atoms with Crippen molar-refractivity contribution in [2.45, 2.75) is 6.54 Å². The van der Waals surface area contributed by atoms with Crippen molar-refractivity contribution in [3.8, 4) is 0 Å². The molecule has 0 unspecified atom stereocenters. The minimum atomic E-state index is 0.729. The average Bonchev–Trinajstić information content (AvgIpc) is 2.65. The van der Waals surface area contributed by atoms with Crippen molar-refractivity contribution in [3.05, 3.63) is 37.7 Å². The Morgan fingerprint density at radius 1 is 1.25 bits per heavy atom. The lowest BCUT2D eigenvalue weighted by molar-refractivity contribution is 0.876. The number of hydrogen-bond donors (Lipinski definition) is 0. The number of halogens is 2. The van der Waals surface area contributed by atoms with E-state index in [0.29, 0.717) is 0 Å². The predicted octanol–water partition coefficient (Wildman–Crippen LogP) is 3.70. The van der Waals surface area contributed by atoms with Crippen molar-refractivity contribution in [1.29, 1.82) is 0 Å². The van der Waals surface area contributed by atoms with E-state index in [1.165, 1.54) is 4.88 Å². The van der Waals surface area contributed by atoms with Gasteiger partial charge in [-0.2, -0.15) is 0 Å². The first-order valence-electron chi connectivity index (χ1n) is 4.57. The Bertz CT molecular complexity index is 469. The highest BCUT2D eigenvalue weighted by atomic mass is 79.9. The van der Waals surface area contributed by atoms with Gasteiger partial charge in [0.05, 0.1) is 11.0 Å². The van der Waals surface area contributed by atoms with Gasteiger partial charge in [0.15, 0.2) is 0 Å². The van der Waals surface area contributed by atoms with Crippen LogP contribution >= 0.6 is 43.2 Å². The molecule has 0 radical (unpaired) electrons. The Morgan fingerprint density at radius 3 is 2.50 bits per heavy atom. The van der Waals surface area contributed by atoms with Gasteiger partial charge in [-0.25, -0.2) is 9.97 Å². The second-order valence-electron chi connectivity index (χ2n) is 3.29. The van der Waals surface area contributed by atoms with E-state index in [1.807, 2.05) is 11.9 Å². The van der Waals surface area contributed by atoms with Crippen LogP contribution in [0.3, 0.4) is 0 Å². The van der Waals surface area contributed by atoms with E-state index in [2.05, 4.69) is 53.3 Å². The van der Waals surface area contributed by atoms with E-state index in [1.54, 1.807) is 23.7 Å². The van der Waals surface area contributed by atoms with Crippen LogP contribution in [0.5, 0.6) is 0 Å². The summed E-state index contributed by atoms with van der Waals surface area (Å²) in [6.07, 6.45) is 3.51. The highest BCUT2D eigenvalue weighted by Crippen LogP contribution is 2.22. The van der Waals surface area contributed by atoms with Crippen molar-refractivity contribution in [3.63, 3.8) is 0 Å². The van der Waals surface area contributed by atoms with Gasteiger partial charge in [-0.15, -0.1) is 11.3 Å². The molecule has 0 saturated carbocycles. The summed E-state index contributed by atoms with van der Waals surface area (Å²) in [7, 11) is 1.98. The molecule has 0 aromatic carbocycles. The summed E-state index contributed by atoms with van der Waals surface area (Å²) >= 11 is 8.48. The molecule has 0 fully saturated rings. The van der Waals surface area contributed by atoms with Gasteiger partial charge in [-0.05, 0) is 37.9 Å². The molecule has 6 heteroatoms. The Morgan fingerprint density at radius 2 is 1.94 bits per heavy atom. The maximum absolute atomic E-state index is 4.24. The van der Waals surface area contributed by atoms with Crippen LogP contribution in [-0.4, -0.2) is 17.0 Å². The topological polar surface area (TPSA) is 29.0 Å². The highest BCUT2D eigenvalue weighted by molar-refractivity contribution is 9.10. The van der Waals surface area contributed by atoms with Crippen LogP contribution in [0.4, 0.5) is 5.95 Å². The van der Waals surface area contributed by atoms with Gasteiger partial charge in [0.2, 0.25) is 5.95 Å².